The number of rotatable bonds is 3. The first kappa shape index (κ1) is 13.9. The molecule has 1 spiro atoms. The van der Waals surface area contributed by atoms with Gasteiger partial charge in [-0.05, 0) is 25.7 Å². The Kier molecular flexibility index (Phi) is 3.96. The number of aromatic amines is 1. The fourth-order valence-corrected chi connectivity index (χ4v) is 3.32. The number of H-pyrrole nitrogens is 1. The fourth-order valence-electron chi connectivity index (χ4n) is 3.32. The van der Waals surface area contributed by atoms with Crippen LogP contribution in [0.4, 0.5) is 0 Å². The van der Waals surface area contributed by atoms with Crippen LogP contribution in [0, 0.1) is 0 Å². The van der Waals surface area contributed by atoms with E-state index in [0.29, 0.717) is 6.54 Å². The van der Waals surface area contributed by atoms with Crippen LogP contribution in [-0.4, -0.2) is 57.5 Å². The van der Waals surface area contributed by atoms with Crippen LogP contribution in [-0.2, 0) is 11.3 Å². The summed E-state index contributed by atoms with van der Waals surface area (Å²) in [6.45, 7) is 4.20. The Bertz CT molecular complexity index is 488. The summed E-state index contributed by atoms with van der Waals surface area (Å²) >= 11 is 0. The van der Waals surface area contributed by atoms with E-state index in [1.807, 2.05) is 0 Å². The Morgan fingerprint density at radius 1 is 1.40 bits per heavy atom. The number of hydrogen-bond acceptors (Lipinski definition) is 4. The minimum Gasteiger partial charge on any atom is -0.390 e. The highest BCUT2D eigenvalue weighted by Crippen LogP contribution is 2.35. The summed E-state index contributed by atoms with van der Waals surface area (Å²) in [5.74, 6) is 0. The molecule has 0 bridgehead atoms. The Balaban J connectivity index is 1.51. The van der Waals surface area contributed by atoms with Crippen LogP contribution in [0.15, 0.2) is 17.2 Å². The number of nitrogens with one attached hydrogen (secondary N) is 1. The number of imidazole rings is 1. The fraction of sp³-hybridized carbons (Fsp3) is 0.786. The highest BCUT2D eigenvalue weighted by Gasteiger charge is 2.43. The molecule has 20 heavy (non-hydrogen) atoms. The van der Waals surface area contributed by atoms with Gasteiger partial charge in [0.05, 0.1) is 11.7 Å². The SMILES string of the molecule is O=c1[nH]ccn1CCN1CCC2(CC1)OCCC[C@@H]2O. The van der Waals surface area contributed by atoms with Crippen LogP contribution >= 0.6 is 0 Å². The lowest BCUT2D eigenvalue weighted by Gasteiger charge is -2.46. The predicted octanol–water partition coefficient (Wildman–Crippen LogP) is 0.182. The van der Waals surface area contributed by atoms with Gasteiger partial charge in [0.25, 0.3) is 0 Å². The van der Waals surface area contributed by atoms with Gasteiger partial charge in [0, 0.05) is 45.2 Å². The number of nitrogens with zero attached hydrogens (tertiary/aromatic N) is 2. The Labute approximate surface area is 118 Å². The Morgan fingerprint density at radius 2 is 2.20 bits per heavy atom. The van der Waals surface area contributed by atoms with Gasteiger partial charge in [-0.1, -0.05) is 0 Å². The first-order chi connectivity index (χ1) is 9.70. The van der Waals surface area contributed by atoms with Crippen LogP contribution in [0.5, 0.6) is 0 Å². The minimum absolute atomic E-state index is 0.0514. The van der Waals surface area contributed by atoms with Gasteiger partial charge in [-0.2, -0.15) is 0 Å². The second kappa shape index (κ2) is 5.71. The maximum atomic E-state index is 11.4. The standard InChI is InChI=1S/C14H23N3O3/c18-12-2-1-11-20-14(12)3-6-16(7-4-14)9-10-17-8-5-15-13(17)19/h5,8,12,18H,1-4,6-7,9-11H2,(H,15,19)/t12-/m0/s1. The summed E-state index contributed by atoms with van der Waals surface area (Å²) in [7, 11) is 0. The molecule has 0 radical (unpaired) electrons. The molecule has 2 saturated heterocycles. The normalized spacial score (nSPS) is 26.9. The molecule has 1 aromatic heterocycles. The van der Waals surface area contributed by atoms with Crippen LogP contribution in [0.2, 0.25) is 0 Å². The zero-order chi connectivity index (χ0) is 14.0. The molecular weight excluding hydrogens is 258 g/mol. The highest BCUT2D eigenvalue weighted by atomic mass is 16.5. The van der Waals surface area contributed by atoms with Gasteiger partial charge < -0.3 is 19.7 Å². The third kappa shape index (κ3) is 2.68. The number of aliphatic hydroxyl groups excluding tert-OH is 1. The van der Waals surface area contributed by atoms with Crippen LogP contribution in [0.1, 0.15) is 25.7 Å². The molecule has 112 valence electrons. The Morgan fingerprint density at radius 3 is 2.85 bits per heavy atom. The number of likely N-dealkylation sites (tertiary alicyclic amines) is 1. The number of aromatic nitrogens is 2. The molecule has 0 aliphatic carbocycles. The van der Waals surface area contributed by atoms with Crippen LogP contribution in [0.25, 0.3) is 0 Å². The van der Waals surface area contributed by atoms with Crippen molar-refractivity contribution in [2.24, 2.45) is 0 Å². The van der Waals surface area contributed by atoms with Crippen molar-refractivity contribution in [3.05, 3.63) is 22.9 Å². The first-order valence-electron chi connectivity index (χ1n) is 7.48. The van der Waals surface area contributed by atoms with E-state index in [2.05, 4.69) is 9.88 Å². The monoisotopic (exact) mass is 281 g/mol. The third-order valence-corrected chi connectivity index (χ3v) is 4.70. The minimum atomic E-state index is -0.314. The first-order valence-corrected chi connectivity index (χ1v) is 7.48. The summed E-state index contributed by atoms with van der Waals surface area (Å²) < 4.78 is 7.59. The molecule has 6 nitrogen and oxygen atoms in total. The smallest absolute Gasteiger partial charge is 0.325 e. The van der Waals surface area contributed by atoms with Crippen molar-refractivity contribution in [1.82, 2.24) is 14.5 Å². The topological polar surface area (TPSA) is 70.5 Å². The van der Waals surface area contributed by atoms with Crippen molar-refractivity contribution in [3.8, 4) is 0 Å². The van der Waals surface area contributed by atoms with Crippen molar-refractivity contribution >= 4 is 0 Å². The maximum absolute atomic E-state index is 11.4. The van der Waals surface area contributed by atoms with E-state index < -0.39 is 0 Å². The summed E-state index contributed by atoms with van der Waals surface area (Å²) in [4.78, 5) is 16.4. The number of piperidine rings is 1. The predicted molar refractivity (Wildman–Crippen MR) is 74.7 cm³/mol. The molecule has 2 aliphatic rings. The summed E-state index contributed by atoms with van der Waals surface area (Å²) in [6, 6.07) is 0. The second-order valence-electron chi connectivity index (χ2n) is 5.87. The van der Waals surface area contributed by atoms with Gasteiger partial charge in [0.15, 0.2) is 0 Å². The summed E-state index contributed by atoms with van der Waals surface area (Å²) in [5, 5.41) is 10.2. The summed E-state index contributed by atoms with van der Waals surface area (Å²) in [6.07, 6.45) is 6.72. The lowest BCUT2D eigenvalue weighted by Crippen LogP contribution is -2.55. The molecule has 1 aromatic rings. The quantitative estimate of drug-likeness (QED) is 0.829. The second-order valence-corrected chi connectivity index (χ2v) is 5.87. The maximum Gasteiger partial charge on any atom is 0.325 e. The van der Waals surface area contributed by atoms with E-state index in [1.165, 1.54) is 0 Å². The molecule has 0 amide bonds. The molecule has 2 fully saturated rings. The van der Waals surface area contributed by atoms with Gasteiger partial charge in [-0.15, -0.1) is 0 Å². The van der Waals surface area contributed by atoms with E-state index >= 15 is 0 Å². The molecule has 0 aromatic carbocycles. The van der Waals surface area contributed by atoms with Crippen LogP contribution < -0.4 is 5.69 Å². The number of aliphatic hydroxyl groups is 1. The average molecular weight is 281 g/mol. The van der Waals surface area contributed by atoms with Gasteiger partial charge in [0.2, 0.25) is 0 Å². The van der Waals surface area contributed by atoms with E-state index in [4.69, 9.17) is 4.74 Å². The average Bonchev–Trinajstić information content (AvgIpc) is 2.87. The Hall–Kier alpha value is -1.11. The lowest BCUT2D eigenvalue weighted by atomic mass is 9.82. The van der Waals surface area contributed by atoms with Crippen molar-refractivity contribution in [1.29, 1.82) is 0 Å². The van der Waals surface area contributed by atoms with Crippen molar-refractivity contribution in [2.75, 3.05) is 26.2 Å². The number of ether oxygens (including phenoxy) is 1. The van der Waals surface area contributed by atoms with Crippen molar-refractivity contribution in [2.45, 2.75) is 43.9 Å². The van der Waals surface area contributed by atoms with E-state index in [1.54, 1.807) is 17.0 Å². The molecule has 6 heteroatoms. The number of hydrogen-bond donors (Lipinski definition) is 2. The van der Waals surface area contributed by atoms with Crippen LogP contribution in [0.3, 0.4) is 0 Å². The van der Waals surface area contributed by atoms with Gasteiger partial charge in [0.1, 0.15) is 0 Å². The molecular formula is C14H23N3O3. The highest BCUT2D eigenvalue weighted by molar-refractivity contribution is 4.95. The van der Waals surface area contributed by atoms with E-state index in [0.717, 1.165) is 51.9 Å². The molecule has 2 N–H and O–H groups in total. The van der Waals surface area contributed by atoms with E-state index in [-0.39, 0.29) is 17.4 Å². The molecule has 2 aliphatic heterocycles. The summed E-state index contributed by atoms with van der Waals surface area (Å²) in [5.41, 5.74) is -0.357. The molecule has 3 rings (SSSR count). The van der Waals surface area contributed by atoms with Gasteiger partial charge in [-0.3, -0.25) is 4.57 Å². The van der Waals surface area contributed by atoms with E-state index in [9.17, 15) is 9.90 Å². The third-order valence-electron chi connectivity index (χ3n) is 4.70. The van der Waals surface area contributed by atoms with Crippen molar-refractivity contribution < 1.29 is 9.84 Å². The van der Waals surface area contributed by atoms with Crippen molar-refractivity contribution in [3.63, 3.8) is 0 Å². The van der Waals surface area contributed by atoms with Gasteiger partial charge >= 0.3 is 5.69 Å². The largest absolute Gasteiger partial charge is 0.390 e. The zero-order valence-electron chi connectivity index (χ0n) is 11.8. The van der Waals surface area contributed by atoms with Gasteiger partial charge in [-0.25, -0.2) is 4.79 Å². The molecule has 0 saturated carbocycles. The molecule has 3 heterocycles. The zero-order valence-corrected chi connectivity index (χ0v) is 11.8. The molecule has 1 atom stereocenters. The lowest BCUT2D eigenvalue weighted by molar-refractivity contribution is -0.176. The molecule has 0 unspecified atom stereocenters.